The van der Waals surface area contributed by atoms with Crippen molar-refractivity contribution in [2.24, 2.45) is 0 Å². The van der Waals surface area contributed by atoms with Gasteiger partial charge >= 0.3 is 5.97 Å². The predicted molar refractivity (Wildman–Crippen MR) is 338 cm³/mol. The van der Waals surface area contributed by atoms with E-state index >= 15 is 0 Å². The minimum atomic E-state index is -0.841. The van der Waals surface area contributed by atoms with Crippen LogP contribution in [0.25, 0.3) is 0 Å². The molecular weight excluding hydrogens is 947 g/mol. The lowest BCUT2D eigenvalue weighted by Crippen LogP contribution is -2.45. The van der Waals surface area contributed by atoms with Gasteiger partial charge in [-0.3, -0.25) is 9.59 Å². The Morgan fingerprint density at radius 2 is 0.610 bits per heavy atom. The molecule has 0 fully saturated rings. The third-order valence-electron chi connectivity index (χ3n) is 16.5. The highest BCUT2D eigenvalue weighted by Gasteiger charge is 2.18. The monoisotopic (exact) mass is 1080 g/mol. The molecule has 0 aromatic heterocycles. The number of carbonyl (C=O) groups is 2. The quantitative estimate of drug-likeness (QED) is 0.0320. The van der Waals surface area contributed by atoms with Gasteiger partial charge in [0.1, 0.15) is 0 Å². The highest BCUT2D eigenvalue weighted by molar-refractivity contribution is 5.76. The number of carbonyl (C=O) groups excluding carboxylic acids is 2. The molecule has 0 aliphatic rings. The van der Waals surface area contributed by atoms with Crippen LogP contribution >= 0.6 is 0 Å². The second kappa shape index (κ2) is 66.8. The molecule has 0 aliphatic heterocycles. The summed E-state index contributed by atoms with van der Waals surface area (Å²) in [6.07, 6.45) is 84.0. The number of ether oxygens (including phenoxy) is 1. The minimum absolute atomic E-state index is 0.0164. The number of allylic oxidation sites excluding steroid dienone is 3. The fourth-order valence-corrected chi connectivity index (χ4v) is 11.1. The average Bonchev–Trinajstić information content (AvgIpc) is 3.43. The summed E-state index contributed by atoms with van der Waals surface area (Å²) in [6.45, 7) is 4.93. The van der Waals surface area contributed by atoms with E-state index in [0.717, 1.165) is 44.9 Å². The molecule has 456 valence electrons. The Labute approximate surface area is 481 Å². The molecule has 6 nitrogen and oxygen atoms in total. The Hall–Kier alpha value is -1.66. The van der Waals surface area contributed by atoms with Crippen molar-refractivity contribution in [2.45, 2.75) is 405 Å². The number of hydrogen-bond acceptors (Lipinski definition) is 5. The maximum absolute atomic E-state index is 12.5. The normalized spacial score (nSPS) is 12.6. The Morgan fingerprint density at radius 1 is 0.351 bits per heavy atom. The van der Waals surface area contributed by atoms with Crippen LogP contribution < -0.4 is 5.32 Å². The van der Waals surface area contributed by atoms with Gasteiger partial charge in [0.2, 0.25) is 5.91 Å². The van der Waals surface area contributed by atoms with Crippen molar-refractivity contribution < 1.29 is 24.5 Å². The van der Waals surface area contributed by atoms with Crippen LogP contribution in [0.5, 0.6) is 0 Å². The Kier molecular flexibility index (Phi) is 65.4. The van der Waals surface area contributed by atoms with Gasteiger partial charge in [-0.1, -0.05) is 346 Å². The second-order valence-electron chi connectivity index (χ2n) is 24.2. The fraction of sp³-hybridized carbons (Fsp3) is 0.915. The van der Waals surface area contributed by atoms with Gasteiger partial charge in [-0.25, -0.2) is 0 Å². The lowest BCUT2D eigenvalue weighted by atomic mass is 10.0. The van der Waals surface area contributed by atoms with E-state index in [-0.39, 0.29) is 18.5 Å². The molecule has 0 rings (SSSR count). The summed E-state index contributed by atoms with van der Waals surface area (Å²) in [5.74, 6) is -0.0460. The first-order chi connectivity index (χ1) is 38.0. The molecule has 3 N–H and O–H groups in total. The van der Waals surface area contributed by atoms with Crippen molar-refractivity contribution in [1.82, 2.24) is 5.32 Å². The number of unbranched alkanes of at least 4 members (excludes halogenated alkanes) is 53. The van der Waals surface area contributed by atoms with Crippen molar-refractivity contribution >= 4 is 11.9 Å². The SMILES string of the molecule is CCCCCCCC/C=C\CCCCCCCCCC(=O)OCCCCCCCCCCCCCCCCCCCCCCCCCCCCCCCC(=O)NC(CO)C(O)/C=C/CCCCCCCCCCCCCC. The standard InChI is InChI=1S/C71H137NO5/c1-3-5-7-9-11-13-15-17-19-33-37-41-45-49-53-57-61-65-71(76)77-66-62-58-54-50-46-42-38-35-32-30-28-26-24-22-20-21-23-25-27-29-31-34-36-40-44-48-52-56-60-64-70(75)72-68(67-73)69(74)63-59-55-51-47-43-39-18-16-14-12-10-8-6-4-2/h17,19,59,63,68-69,73-74H,3-16,18,20-58,60-62,64-67H2,1-2H3,(H,72,75)/b19-17-,63-59+. The van der Waals surface area contributed by atoms with Crippen molar-refractivity contribution in [1.29, 1.82) is 0 Å². The third kappa shape index (κ3) is 63.4. The van der Waals surface area contributed by atoms with Gasteiger partial charge in [0.25, 0.3) is 0 Å². The maximum Gasteiger partial charge on any atom is 0.305 e. The fourth-order valence-electron chi connectivity index (χ4n) is 11.1. The van der Waals surface area contributed by atoms with Gasteiger partial charge in [0, 0.05) is 12.8 Å². The molecule has 0 aromatic rings. The lowest BCUT2D eigenvalue weighted by molar-refractivity contribution is -0.143. The molecule has 0 saturated carbocycles. The third-order valence-corrected chi connectivity index (χ3v) is 16.5. The zero-order valence-electron chi connectivity index (χ0n) is 52.2. The molecule has 0 saturated heterocycles. The van der Waals surface area contributed by atoms with Gasteiger partial charge in [0.05, 0.1) is 25.4 Å². The molecule has 2 unspecified atom stereocenters. The molecule has 1 amide bonds. The van der Waals surface area contributed by atoms with Crippen LogP contribution in [0, 0.1) is 0 Å². The largest absolute Gasteiger partial charge is 0.466 e. The summed E-state index contributed by atoms with van der Waals surface area (Å²) < 4.78 is 5.50. The smallest absolute Gasteiger partial charge is 0.305 e. The van der Waals surface area contributed by atoms with E-state index in [9.17, 15) is 19.8 Å². The van der Waals surface area contributed by atoms with E-state index in [4.69, 9.17) is 4.74 Å². The number of aliphatic hydroxyl groups excluding tert-OH is 2. The molecular formula is C71H137NO5. The number of hydrogen-bond donors (Lipinski definition) is 3. The summed E-state index contributed by atoms with van der Waals surface area (Å²) >= 11 is 0. The van der Waals surface area contributed by atoms with Crippen LogP contribution in [-0.2, 0) is 14.3 Å². The highest BCUT2D eigenvalue weighted by atomic mass is 16.5. The molecule has 2 atom stereocenters. The summed E-state index contributed by atoms with van der Waals surface area (Å²) in [5, 5.41) is 23.1. The molecule has 0 radical (unpaired) electrons. The van der Waals surface area contributed by atoms with Crippen LogP contribution in [0.4, 0.5) is 0 Å². The highest BCUT2D eigenvalue weighted by Crippen LogP contribution is 2.19. The van der Waals surface area contributed by atoms with Crippen molar-refractivity contribution in [3.05, 3.63) is 24.3 Å². The van der Waals surface area contributed by atoms with Crippen LogP contribution in [0.2, 0.25) is 0 Å². The van der Waals surface area contributed by atoms with E-state index in [2.05, 4.69) is 31.3 Å². The summed E-state index contributed by atoms with van der Waals surface area (Å²) in [5.41, 5.74) is 0. The van der Waals surface area contributed by atoms with Crippen molar-refractivity contribution in [3.63, 3.8) is 0 Å². The van der Waals surface area contributed by atoms with E-state index in [0.29, 0.717) is 19.4 Å². The summed E-state index contributed by atoms with van der Waals surface area (Å²) in [7, 11) is 0. The number of rotatable bonds is 66. The number of amides is 1. The van der Waals surface area contributed by atoms with Gasteiger partial charge in [-0.15, -0.1) is 0 Å². The summed E-state index contributed by atoms with van der Waals surface area (Å²) in [6, 6.07) is -0.624. The van der Waals surface area contributed by atoms with Crippen LogP contribution in [0.3, 0.4) is 0 Å². The van der Waals surface area contributed by atoms with E-state index in [1.165, 1.54) is 321 Å². The van der Waals surface area contributed by atoms with Crippen molar-refractivity contribution in [2.75, 3.05) is 13.2 Å². The Bertz CT molecular complexity index is 1200. The second-order valence-corrected chi connectivity index (χ2v) is 24.2. The molecule has 0 spiro atoms. The first-order valence-electron chi connectivity index (χ1n) is 35.1. The molecule has 77 heavy (non-hydrogen) atoms. The first-order valence-corrected chi connectivity index (χ1v) is 35.1. The predicted octanol–water partition coefficient (Wildman–Crippen LogP) is 22.5. The van der Waals surface area contributed by atoms with Crippen LogP contribution in [0.15, 0.2) is 24.3 Å². The van der Waals surface area contributed by atoms with E-state index in [1.54, 1.807) is 6.08 Å². The number of nitrogens with one attached hydrogen (secondary N) is 1. The van der Waals surface area contributed by atoms with E-state index < -0.39 is 12.1 Å². The Morgan fingerprint density at radius 3 is 0.922 bits per heavy atom. The average molecular weight is 1080 g/mol. The number of esters is 1. The van der Waals surface area contributed by atoms with Crippen LogP contribution in [0.1, 0.15) is 393 Å². The molecule has 6 heteroatoms. The first kappa shape index (κ1) is 75.3. The molecule has 0 aromatic carbocycles. The molecule has 0 bridgehead atoms. The minimum Gasteiger partial charge on any atom is -0.466 e. The topological polar surface area (TPSA) is 95.9 Å². The van der Waals surface area contributed by atoms with Crippen molar-refractivity contribution in [3.8, 4) is 0 Å². The zero-order valence-corrected chi connectivity index (χ0v) is 52.2. The van der Waals surface area contributed by atoms with Crippen LogP contribution in [-0.4, -0.2) is 47.4 Å². The molecule has 0 aliphatic carbocycles. The number of aliphatic hydroxyl groups is 2. The lowest BCUT2D eigenvalue weighted by Gasteiger charge is -2.20. The van der Waals surface area contributed by atoms with Gasteiger partial charge < -0.3 is 20.3 Å². The van der Waals surface area contributed by atoms with Gasteiger partial charge in [-0.05, 0) is 57.8 Å². The maximum atomic E-state index is 12.5. The van der Waals surface area contributed by atoms with E-state index in [1.807, 2.05) is 6.08 Å². The zero-order chi connectivity index (χ0) is 55.7. The van der Waals surface area contributed by atoms with Gasteiger partial charge in [0.15, 0.2) is 0 Å². The summed E-state index contributed by atoms with van der Waals surface area (Å²) in [4.78, 5) is 24.6. The Balaban J connectivity index is 3.33. The molecule has 0 heterocycles. The van der Waals surface area contributed by atoms with Gasteiger partial charge in [-0.2, -0.15) is 0 Å².